The number of likely N-dealkylation sites (tertiary alicyclic amines) is 1. The molecule has 3 N–H and O–H groups in total. The predicted octanol–water partition coefficient (Wildman–Crippen LogP) is 3.12. The Balaban J connectivity index is 1.35. The zero-order chi connectivity index (χ0) is 23.8. The summed E-state index contributed by atoms with van der Waals surface area (Å²) in [6, 6.07) is 4.55. The van der Waals surface area contributed by atoms with E-state index in [4.69, 9.17) is 9.47 Å². The molecule has 2 aromatic heterocycles. The molecule has 0 aliphatic carbocycles. The third-order valence-electron chi connectivity index (χ3n) is 5.90. The van der Waals surface area contributed by atoms with Gasteiger partial charge in [-0.2, -0.15) is 0 Å². The van der Waals surface area contributed by atoms with Crippen molar-refractivity contribution >= 4 is 34.4 Å². The van der Waals surface area contributed by atoms with Gasteiger partial charge in [-0.25, -0.2) is 23.9 Å². The lowest BCUT2D eigenvalue weighted by molar-refractivity contribution is 0.0138. The molecule has 3 aromatic rings. The van der Waals surface area contributed by atoms with Gasteiger partial charge in [0, 0.05) is 42.5 Å². The topological polar surface area (TPSA) is 118 Å². The first-order valence-electron chi connectivity index (χ1n) is 10.8. The van der Waals surface area contributed by atoms with Gasteiger partial charge in [0.25, 0.3) is 0 Å². The van der Waals surface area contributed by atoms with E-state index in [2.05, 4.69) is 25.9 Å². The molecular formula is C23H23FN6O4. The smallest absolute Gasteiger partial charge is 0.413 e. The van der Waals surface area contributed by atoms with Crippen molar-refractivity contribution in [1.29, 1.82) is 0 Å². The molecule has 0 saturated carbocycles. The Bertz CT molecular complexity index is 1290. The molecule has 4 heterocycles. The van der Waals surface area contributed by atoms with E-state index in [0.29, 0.717) is 54.0 Å². The second-order valence-corrected chi connectivity index (χ2v) is 8.11. The number of nitrogens with one attached hydrogen (secondary N) is 3. The van der Waals surface area contributed by atoms with Gasteiger partial charge in [-0.15, -0.1) is 0 Å². The van der Waals surface area contributed by atoms with Gasteiger partial charge in [0.1, 0.15) is 30.0 Å². The molecule has 2 aliphatic heterocycles. The average molecular weight is 466 g/mol. The van der Waals surface area contributed by atoms with Gasteiger partial charge in [-0.05, 0) is 36.1 Å². The Kier molecular flexibility index (Phi) is 5.52. The number of aromatic nitrogens is 2. The fourth-order valence-corrected chi connectivity index (χ4v) is 4.06. The molecule has 0 atom stereocenters. The summed E-state index contributed by atoms with van der Waals surface area (Å²) < 4.78 is 25.9. The van der Waals surface area contributed by atoms with Crippen molar-refractivity contribution in [2.24, 2.45) is 0 Å². The summed E-state index contributed by atoms with van der Waals surface area (Å²) in [5.41, 5.74) is 2.63. The highest BCUT2D eigenvalue weighted by Crippen LogP contribution is 2.37. The summed E-state index contributed by atoms with van der Waals surface area (Å²) in [4.78, 5) is 33.8. The lowest BCUT2D eigenvalue weighted by atomic mass is 9.98. The summed E-state index contributed by atoms with van der Waals surface area (Å²) in [7, 11) is 1.54. The number of halogens is 1. The van der Waals surface area contributed by atoms with Gasteiger partial charge in [-0.3, -0.25) is 5.32 Å². The molecule has 0 spiro atoms. The summed E-state index contributed by atoms with van der Waals surface area (Å²) in [6.07, 6.45) is 2.04. The van der Waals surface area contributed by atoms with Crippen LogP contribution in [0.2, 0.25) is 0 Å². The number of amides is 3. The molecule has 1 aromatic carbocycles. The molecule has 1 fully saturated rings. The Morgan fingerprint density at radius 3 is 2.79 bits per heavy atom. The molecule has 1 saturated heterocycles. The maximum absolute atomic E-state index is 15.0. The van der Waals surface area contributed by atoms with Crippen molar-refractivity contribution in [3.05, 3.63) is 42.0 Å². The van der Waals surface area contributed by atoms with Gasteiger partial charge >= 0.3 is 12.1 Å². The lowest BCUT2D eigenvalue weighted by Gasteiger charge is -2.37. The fourth-order valence-electron chi connectivity index (χ4n) is 4.06. The Morgan fingerprint density at radius 2 is 2.00 bits per heavy atom. The van der Waals surface area contributed by atoms with Crippen LogP contribution in [-0.2, 0) is 4.74 Å². The molecule has 2 aliphatic rings. The van der Waals surface area contributed by atoms with Crippen LogP contribution in [0.5, 0.6) is 5.88 Å². The number of hydrogen-bond acceptors (Lipinski definition) is 7. The number of pyridine rings is 2. The third-order valence-corrected chi connectivity index (χ3v) is 5.90. The highest BCUT2D eigenvalue weighted by molar-refractivity contribution is 5.92. The van der Waals surface area contributed by atoms with Crippen LogP contribution in [0.1, 0.15) is 5.56 Å². The molecule has 5 rings (SSSR count). The first kappa shape index (κ1) is 21.7. The molecule has 11 heteroatoms. The van der Waals surface area contributed by atoms with Gasteiger partial charge in [0.05, 0.1) is 13.1 Å². The minimum Gasteiger partial charge on any atom is -0.474 e. The van der Waals surface area contributed by atoms with E-state index >= 15 is 4.39 Å². The number of urea groups is 1. The van der Waals surface area contributed by atoms with Crippen molar-refractivity contribution in [2.75, 3.05) is 43.9 Å². The number of carbonyl (C=O) groups excluding carboxylic acids is 2. The first-order chi connectivity index (χ1) is 16.4. The number of rotatable bonds is 3. The molecule has 0 radical (unpaired) electrons. The van der Waals surface area contributed by atoms with Crippen LogP contribution in [0.15, 0.2) is 30.6 Å². The largest absolute Gasteiger partial charge is 0.474 e. The second kappa shape index (κ2) is 8.65. The highest BCUT2D eigenvalue weighted by Gasteiger charge is 2.33. The summed E-state index contributed by atoms with van der Waals surface area (Å²) in [5.74, 6) is 0.377. The van der Waals surface area contributed by atoms with Crippen molar-refractivity contribution < 1.29 is 23.5 Å². The maximum Gasteiger partial charge on any atom is 0.413 e. The number of nitrogens with zero attached hydrogens (tertiary/aromatic N) is 3. The van der Waals surface area contributed by atoms with E-state index in [-0.39, 0.29) is 18.0 Å². The molecule has 10 nitrogen and oxygen atoms in total. The van der Waals surface area contributed by atoms with Crippen molar-refractivity contribution in [1.82, 2.24) is 20.2 Å². The van der Waals surface area contributed by atoms with Gasteiger partial charge in [-0.1, -0.05) is 0 Å². The second-order valence-electron chi connectivity index (χ2n) is 8.11. The Labute approximate surface area is 194 Å². The van der Waals surface area contributed by atoms with Crippen LogP contribution in [0, 0.1) is 12.7 Å². The minimum absolute atomic E-state index is 0.216. The van der Waals surface area contributed by atoms with E-state index in [1.54, 1.807) is 25.4 Å². The van der Waals surface area contributed by atoms with Crippen LogP contribution in [0.4, 0.5) is 25.5 Å². The predicted molar refractivity (Wildman–Crippen MR) is 124 cm³/mol. The zero-order valence-electron chi connectivity index (χ0n) is 18.6. The third kappa shape index (κ3) is 4.00. The van der Waals surface area contributed by atoms with Crippen LogP contribution >= 0.6 is 0 Å². The monoisotopic (exact) mass is 466 g/mol. The first-order valence-corrected chi connectivity index (χ1v) is 10.8. The average Bonchev–Trinajstić information content (AvgIpc) is 2.81. The zero-order valence-corrected chi connectivity index (χ0v) is 18.6. The van der Waals surface area contributed by atoms with E-state index in [1.165, 1.54) is 17.2 Å². The molecule has 0 unspecified atom stereocenters. The van der Waals surface area contributed by atoms with Gasteiger partial charge in [0.2, 0.25) is 5.88 Å². The van der Waals surface area contributed by atoms with E-state index in [9.17, 15) is 9.59 Å². The Morgan fingerprint density at radius 1 is 1.18 bits per heavy atom. The molecular weight excluding hydrogens is 443 g/mol. The van der Waals surface area contributed by atoms with Crippen molar-refractivity contribution in [2.45, 2.75) is 13.0 Å². The standard InChI is InChI=1S/C23H23FN6O4/c1-12-17(9-28-21-20(12)26-3-4-33-21)16-5-13-7-19(27-8-14(13)6-18(16)24)29-23(32)34-15-10-30(11-15)22(31)25-2/h5-9,15,26H,3-4,10-11H2,1-2H3,(H,25,31)(H,27,29,32). The number of ether oxygens (including phenoxy) is 2. The summed E-state index contributed by atoms with van der Waals surface area (Å²) in [6.45, 7) is 3.73. The number of anilines is 2. The lowest BCUT2D eigenvalue weighted by Crippen LogP contribution is -2.57. The van der Waals surface area contributed by atoms with Crippen LogP contribution in [0.3, 0.4) is 0 Å². The summed E-state index contributed by atoms with van der Waals surface area (Å²) in [5, 5.41) is 9.65. The number of benzene rings is 1. The Hall–Kier alpha value is -4.15. The normalized spacial score (nSPS) is 15.0. The highest BCUT2D eigenvalue weighted by atomic mass is 19.1. The fraction of sp³-hybridized carbons (Fsp3) is 0.304. The maximum atomic E-state index is 15.0. The molecule has 0 bridgehead atoms. The SMILES string of the molecule is CNC(=O)N1CC(OC(=O)Nc2cc3cc(-c4cnc5c(c4C)NCCO5)c(F)cc3cn2)C1. The van der Waals surface area contributed by atoms with E-state index in [1.807, 2.05) is 6.92 Å². The molecule has 3 amide bonds. The van der Waals surface area contributed by atoms with Crippen LogP contribution in [-0.4, -0.2) is 66.4 Å². The van der Waals surface area contributed by atoms with E-state index in [0.717, 1.165) is 11.3 Å². The minimum atomic E-state index is -0.670. The quantitative estimate of drug-likeness (QED) is 0.543. The van der Waals surface area contributed by atoms with Crippen molar-refractivity contribution in [3.63, 3.8) is 0 Å². The number of carbonyl (C=O) groups is 2. The molecule has 34 heavy (non-hydrogen) atoms. The number of hydrogen-bond donors (Lipinski definition) is 3. The van der Waals surface area contributed by atoms with E-state index < -0.39 is 11.9 Å². The number of fused-ring (bicyclic) bond motifs is 2. The van der Waals surface area contributed by atoms with Gasteiger partial charge < -0.3 is 25.0 Å². The van der Waals surface area contributed by atoms with Crippen molar-refractivity contribution in [3.8, 4) is 17.0 Å². The van der Waals surface area contributed by atoms with Gasteiger partial charge in [0.15, 0.2) is 0 Å². The van der Waals surface area contributed by atoms with Crippen LogP contribution < -0.4 is 20.7 Å². The van der Waals surface area contributed by atoms with Crippen LogP contribution in [0.25, 0.3) is 21.9 Å². The molecule has 176 valence electrons. The summed E-state index contributed by atoms with van der Waals surface area (Å²) >= 11 is 0.